The Morgan fingerprint density at radius 1 is 1.37 bits per heavy atom. The fraction of sp³-hybridized carbons (Fsp3) is 0.214. The van der Waals surface area contributed by atoms with E-state index in [0.29, 0.717) is 18.0 Å². The lowest BCUT2D eigenvalue weighted by Crippen LogP contribution is -2.25. The molecule has 2 rings (SSSR count). The summed E-state index contributed by atoms with van der Waals surface area (Å²) in [6.07, 6.45) is 1.19. The van der Waals surface area contributed by atoms with E-state index in [2.05, 4.69) is 5.32 Å². The van der Waals surface area contributed by atoms with Crippen molar-refractivity contribution in [3.05, 3.63) is 59.0 Å². The number of amides is 1. The normalized spacial score (nSPS) is 12.1. The van der Waals surface area contributed by atoms with Crippen LogP contribution in [0.4, 0.5) is 0 Å². The highest BCUT2D eigenvalue weighted by Crippen LogP contribution is 2.19. The molecule has 0 saturated heterocycles. The van der Waals surface area contributed by atoms with Gasteiger partial charge in [0, 0.05) is 11.6 Å². The van der Waals surface area contributed by atoms with Gasteiger partial charge in [-0.1, -0.05) is 23.7 Å². The van der Waals surface area contributed by atoms with Crippen molar-refractivity contribution in [3.63, 3.8) is 0 Å². The quantitative estimate of drug-likeness (QED) is 0.885. The van der Waals surface area contributed by atoms with Crippen molar-refractivity contribution in [3.8, 4) is 0 Å². The molecular weight excluding hydrogens is 266 g/mol. The third kappa shape index (κ3) is 3.84. The van der Waals surface area contributed by atoms with E-state index in [1.807, 2.05) is 0 Å². The van der Waals surface area contributed by atoms with Gasteiger partial charge in [-0.2, -0.15) is 0 Å². The van der Waals surface area contributed by atoms with E-state index < -0.39 is 6.10 Å². The second-order valence-electron chi connectivity index (χ2n) is 4.09. The monoisotopic (exact) mass is 279 g/mol. The molecule has 0 spiro atoms. The third-order valence-electron chi connectivity index (χ3n) is 2.68. The fourth-order valence-corrected chi connectivity index (χ4v) is 1.90. The fourth-order valence-electron chi connectivity index (χ4n) is 1.70. The standard InChI is InChI=1S/C14H14ClNO3/c15-11-4-1-3-10(9-11)12(17)6-7-16-14(18)13-5-2-8-19-13/h1-5,8-9,12,17H,6-7H2,(H,16,18)/t12-/m0/s1. The van der Waals surface area contributed by atoms with Gasteiger partial charge < -0.3 is 14.8 Å². The summed E-state index contributed by atoms with van der Waals surface area (Å²) >= 11 is 5.85. The van der Waals surface area contributed by atoms with E-state index in [4.69, 9.17) is 16.0 Å². The van der Waals surface area contributed by atoms with Crippen molar-refractivity contribution in [1.82, 2.24) is 5.32 Å². The van der Waals surface area contributed by atoms with Crippen LogP contribution >= 0.6 is 11.6 Å². The van der Waals surface area contributed by atoms with Gasteiger partial charge in [0.15, 0.2) is 5.76 Å². The maximum absolute atomic E-state index is 11.6. The Morgan fingerprint density at radius 3 is 2.89 bits per heavy atom. The number of benzene rings is 1. The molecule has 100 valence electrons. The summed E-state index contributed by atoms with van der Waals surface area (Å²) in [5.74, 6) is -0.0273. The Morgan fingerprint density at radius 2 is 2.21 bits per heavy atom. The Kier molecular flexibility index (Phi) is 4.60. The van der Waals surface area contributed by atoms with Gasteiger partial charge in [-0.05, 0) is 36.2 Å². The largest absolute Gasteiger partial charge is 0.459 e. The van der Waals surface area contributed by atoms with Crippen molar-refractivity contribution in [2.45, 2.75) is 12.5 Å². The van der Waals surface area contributed by atoms with Gasteiger partial charge in [0.25, 0.3) is 5.91 Å². The number of carbonyl (C=O) groups is 1. The Labute approximate surface area is 116 Å². The molecule has 0 unspecified atom stereocenters. The summed E-state index contributed by atoms with van der Waals surface area (Å²) in [5, 5.41) is 13.2. The van der Waals surface area contributed by atoms with Crippen LogP contribution in [0, 0.1) is 0 Å². The maximum Gasteiger partial charge on any atom is 0.286 e. The van der Waals surface area contributed by atoms with E-state index in [-0.39, 0.29) is 11.7 Å². The van der Waals surface area contributed by atoms with Gasteiger partial charge in [0.2, 0.25) is 0 Å². The van der Waals surface area contributed by atoms with Crippen LogP contribution < -0.4 is 5.32 Å². The molecule has 1 aromatic heterocycles. The van der Waals surface area contributed by atoms with Crippen LogP contribution in [0.2, 0.25) is 5.02 Å². The van der Waals surface area contributed by atoms with Crippen LogP contribution in [0.1, 0.15) is 28.6 Å². The first kappa shape index (κ1) is 13.6. The van der Waals surface area contributed by atoms with Crippen molar-refractivity contribution in [2.24, 2.45) is 0 Å². The Balaban J connectivity index is 1.81. The smallest absolute Gasteiger partial charge is 0.286 e. The van der Waals surface area contributed by atoms with Crippen LogP contribution in [0.5, 0.6) is 0 Å². The minimum atomic E-state index is -0.657. The molecule has 0 aliphatic carbocycles. The molecule has 1 atom stereocenters. The first-order chi connectivity index (χ1) is 9.16. The molecule has 4 nitrogen and oxygen atoms in total. The first-order valence-electron chi connectivity index (χ1n) is 5.92. The molecule has 2 aromatic rings. The summed E-state index contributed by atoms with van der Waals surface area (Å²) in [6, 6.07) is 10.3. The second kappa shape index (κ2) is 6.41. The molecular formula is C14H14ClNO3. The molecule has 19 heavy (non-hydrogen) atoms. The van der Waals surface area contributed by atoms with Crippen molar-refractivity contribution in [2.75, 3.05) is 6.54 Å². The first-order valence-corrected chi connectivity index (χ1v) is 6.30. The minimum Gasteiger partial charge on any atom is -0.459 e. The summed E-state index contributed by atoms with van der Waals surface area (Å²) in [5.41, 5.74) is 0.736. The van der Waals surface area contributed by atoms with Crippen molar-refractivity contribution in [1.29, 1.82) is 0 Å². The predicted molar refractivity (Wildman–Crippen MR) is 72.1 cm³/mol. The zero-order valence-corrected chi connectivity index (χ0v) is 10.9. The molecule has 0 fully saturated rings. The van der Waals surface area contributed by atoms with E-state index in [0.717, 1.165) is 5.56 Å². The van der Waals surface area contributed by atoms with E-state index in [9.17, 15) is 9.90 Å². The number of aliphatic hydroxyl groups is 1. The van der Waals surface area contributed by atoms with E-state index in [1.165, 1.54) is 6.26 Å². The molecule has 1 aromatic carbocycles. The van der Waals surface area contributed by atoms with Crippen LogP contribution in [0.15, 0.2) is 47.1 Å². The highest BCUT2D eigenvalue weighted by atomic mass is 35.5. The number of rotatable bonds is 5. The summed E-state index contributed by atoms with van der Waals surface area (Å²) < 4.78 is 4.96. The maximum atomic E-state index is 11.6. The average Bonchev–Trinajstić information content (AvgIpc) is 2.92. The molecule has 1 amide bonds. The van der Waals surface area contributed by atoms with Gasteiger partial charge >= 0.3 is 0 Å². The number of furan rings is 1. The van der Waals surface area contributed by atoms with Crippen LogP contribution in [0.3, 0.4) is 0 Å². The molecule has 5 heteroatoms. The van der Waals surface area contributed by atoms with E-state index in [1.54, 1.807) is 36.4 Å². The number of hydrogen-bond donors (Lipinski definition) is 2. The van der Waals surface area contributed by atoms with Crippen molar-refractivity contribution >= 4 is 17.5 Å². The van der Waals surface area contributed by atoms with Crippen LogP contribution in [-0.4, -0.2) is 17.6 Å². The van der Waals surface area contributed by atoms with Crippen molar-refractivity contribution < 1.29 is 14.3 Å². The van der Waals surface area contributed by atoms with Gasteiger partial charge in [0.05, 0.1) is 12.4 Å². The summed E-state index contributed by atoms with van der Waals surface area (Å²) in [6.45, 7) is 0.354. The summed E-state index contributed by atoms with van der Waals surface area (Å²) in [4.78, 5) is 11.6. The topological polar surface area (TPSA) is 62.5 Å². The second-order valence-corrected chi connectivity index (χ2v) is 4.53. The lowest BCUT2D eigenvalue weighted by Gasteiger charge is -2.11. The Hall–Kier alpha value is -1.78. The van der Waals surface area contributed by atoms with Gasteiger partial charge in [-0.15, -0.1) is 0 Å². The lowest BCUT2D eigenvalue weighted by atomic mass is 10.1. The number of nitrogens with one attached hydrogen (secondary N) is 1. The molecule has 0 aliphatic heterocycles. The summed E-state index contributed by atoms with van der Waals surface area (Å²) in [7, 11) is 0. The average molecular weight is 280 g/mol. The van der Waals surface area contributed by atoms with Crippen LogP contribution in [0.25, 0.3) is 0 Å². The number of halogens is 1. The molecule has 0 aliphatic rings. The zero-order valence-electron chi connectivity index (χ0n) is 10.2. The minimum absolute atomic E-state index is 0.261. The number of carbonyl (C=O) groups excluding carboxylic acids is 1. The molecule has 2 N–H and O–H groups in total. The molecule has 0 bridgehead atoms. The number of hydrogen-bond acceptors (Lipinski definition) is 3. The van der Waals surface area contributed by atoms with Gasteiger partial charge in [0.1, 0.15) is 0 Å². The highest BCUT2D eigenvalue weighted by Gasteiger charge is 2.11. The van der Waals surface area contributed by atoms with E-state index >= 15 is 0 Å². The van der Waals surface area contributed by atoms with Gasteiger partial charge in [-0.3, -0.25) is 4.79 Å². The molecule has 0 saturated carbocycles. The predicted octanol–water partition coefficient (Wildman–Crippen LogP) is 2.79. The zero-order chi connectivity index (χ0) is 13.7. The van der Waals surface area contributed by atoms with Crippen LogP contribution in [-0.2, 0) is 0 Å². The Bertz CT molecular complexity index is 539. The number of aliphatic hydroxyl groups excluding tert-OH is 1. The third-order valence-corrected chi connectivity index (χ3v) is 2.92. The molecule has 1 heterocycles. The lowest BCUT2D eigenvalue weighted by molar-refractivity contribution is 0.0915. The highest BCUT2D eigenvalue weighted by molar-refractivity contribution is 6.30. The SMILES string of the molecule is O=C(NCC[C@H](O)c1cccc(Cl)c1)c1ccco1. The van der Waals surface area contributed by atoms with Gasteiger partial charge in [-0.25, -0.2) is 0 Å². The molecule has 0 radical (unpaired) electrons.